The van der Waals surface area contributed by atoms with Crippen molar-refractivity contribution in [2.45, 2.75) is 26.4 Å². The van der Waals surface area contributed by atoms with E-state index < -0.39 is 0 Å². The van der Waals surface area contributed by atoms with Crippen LogP contribution in [0.5, 0.6) is 0 Å². The number of hydrogen-bond acceptors (Lipinski definition) is 5. The molecule has 174 valence electrons. The van der Waals surface area contributed by atoms with E-state index in [-0.39, 0.29) is 42.7 Å². The van der Waals surface area contributed by atoms with Gasteiger partial charge in [-0.2, -0.15) is 0 Å². The molecular formula is C25H27FN2O5. The number of carbonyl (C=O) groups excluding carboxylic acids is 2. The number of halogens is 1. The molecule has 0 saturated heterocycles. The number of amides is 2. The molecular weight excluding hydrogens is 427 g/mol. The SMILES string of the molecule is COCCCN(CC(=O)N(Cc1ccc(F)cc1)Cc1coc2ccccc2c1=O)C(C)=O. The van der Waals surface area contributed by atoms with E-state index in [0.29, 0.717) is 41.7 Å². The maximum Gasteiger partial charge on any atom is 0.242 e. The van der Waals surface area contributed by atoms with E-state index in [9.17, 15) is 18.8 Å². The van der Waals surface area contributed by atoms with Crippen LogP contribution in [-0.2, 0) is 27.4 Å². The van der Waals surface area contributed by atoms with Gasteiger partial charge in [0.25, 0.3) is 0 Å². The normalized spacial score (nSPS) is 10.9. The van der Waals surface area contributed by atoms with Gasteiger partial charge in [-0.15, -0.1) is 0 Å². The standard InChI is InChI=1S/C25H27FN2O5/c1-18(29)27(12-5-13-32-2)16-24(30)28(14-19-8-10-21(26)11-9-19)15-20-17-33-23-7-4-3-6-22(23)25(20)31/h3-4,6-11,17H,5,12-16H2,1-2H3. The number of hydrogen-bond donors (Lipinski definition) is 0. The second-order valence-electron chi connectivity index (χ2n) is 7.75. The smallest absolute Gasteiger partial charge is 0.242 e. The van der Waals surface area contributed by atoms with Gasteiger partial charge in [-0.1, -0.05) is 24.3 Å². The molecule has 0 fully saturated rings. The Morgan fingerprint density at radius 1 is 1.03 bits per heavy atom. The topological polar surface area (TPSA) is 80.1 Å². The largest absolute Gasteiger partial charge is 0.464 e. The summed E-state index contributed by atoms with van der Waals surface area (Å²) in [6, 6.07) is 12.7. The van der Waals surface area contributed by atoms with E-state index in [1.807, 2.05) is 0 Å². The van der Waals surface area contributed by atoms with Gasteiger partial charge in [0.15, 0.2) is 5.43 Å². The maximum atomic E-state index is 13.4. The minimum Gasteiger partial charge on any atom is -0.464 e. The molecule has 1 aromatic heterocycles. The third kappa shape index (κ3) is 6.49. The summed E-state index contributed by atoms with van der Waals surface area (Å²) in [5.74, 6) is -0.946. The lowest BCUT2D eigenvalue weighted by Gasteiger charge is -2.27. The summed E-state index contributed by atoms with van der Waals surface area (Å²) in [5.41, 5.74) is 1.25. The number of benzene rings is 2. The van der Waals surface area contributed by atoms with Crippen LogP contribution in [0, 0.1) is 5.82 Å². The van der Waals surface area contributed by atoms with Crippen LogP contribution in [0.4, 0.5) is 4.39 Å². The Kier molecular flexibility index (Phi) is 8.32. The average Bonchev–Trinajstić information content (AvgIpc) is 2.81. The van der Waals surface area contributed by atoms with Gasteiger partial charge in [-0.05, 0) is 36.2 Å². The first-order chi connectivity index (χ1) is 15.9. The van der Waals surface area contributed by atoms with E-state index in [0.717, 1.165) is 0 Å². The van der Waals surface area contributed by atoms with Gasteiger partial charge < -0.3 is 19.0 Å². The van der Waals surface area contributed by atoms with Crippen LogP contribution in [0.25, 0.3) is 11.0 Å². The second-order valence-corrected chi connectivity index (χ2v) is 7.75. The Bertz CT molecular complexity index is 1160. The third-order valence-corrected chi connectivity index (χ3v) is 5.30. The molecule has 0 N–H and O–H groups in total. The van der Waals surface area contributed by atoms with Gasteiger partial charge in [0.05, 0.1) is 30.3 Å². The van der Waals surface area contributed by atoms with Crippen LogP contribution in [0.1, 0.15) is 24.5 Å². The fourth-order valence-electron chi connectivity index (χ4n) is 3.49. The lowest BCUT2D eigenvalue weighted by molar-refractivity contribution is -0.140. The van der Waals surface area contributed by atoms with Crippen molar-refractivity contribution in [3.05, 3.63) is 82.0 Å². The van der Waals surface area contributed by atoms with E-state index in [1.54, 1.807) is 43.5 Å². The predicted molar refractivity (Wildman–Crippen MR) is 122 cm³/mol. The fourth-order valence-corrected chi connectivity index (χ4v) is 3.49. The molecule has 1 heterocycles. The number of rotatable bonds is 10. The van der Waals surface area contributed by atoms with E-state index in [4.69, 9.17) is 9.15 Å². The molecule has 0 aliphatic rings. The lowest BCUT2D eigenvalue weighted by Crippen LogP contribution is -2.42. The molecule has 0 saturated carbocycles. The Balaban J connectivity index is 1.86. The number of nitrogens with zero attached hydrogens (tertiary/aromatic N) is 2. The summed E-state index contributed by atoms with van der Waals surface area (Å²) < 4.78 is 24.0. The van der Waals surface area contributed by atoms with Crippen molar-refractivity contribution < 1.29 is 23.1 Å². The minimum absolute atomic E-state index is 0.00675. The Hall–Kier alpha value is -3.52. The fraction of sp³-hybridized carbons (Fsp3) is 0.320. The summed E-state index contributed by atoms with van der Waals surface area (Å²) in [7, 11) is 1.57. The molecule has 0 bridgehead atoms. The predicted octanol–water partition coefficient (Wildman–Crippen LogP) is 3.35. The van der Waals surface area contributed by atoms with E-state index >= 15 is 0 Å². The van der Waals surface area contributed by atoms with Crippen molar-refractivity contribution in [1.29, 1.82) is 0 Å². The van der Waals surface area contributed by atoms with E-state index in [1.165, 1.54) is 35.1 Å². The molecule has 0 atom stereocenters. The highest BCUT2D eigenvalue weighted by molar-refractivity contribution is 5.84. The quantitative estimate of drug-likeness (QED) is 0.439. The monoisotopic (exact) mass is 454 g/mol. The van der Waals surface area contributed by atoms with E-state index in [2.05, 4.69) is 0 Å². The van der Waals surface area contributed by atoms with Gasteiger partial charge in [0.2, 0.25) is 11.8 Å². The molecule has 7 nitrogen and oxygen atoms in total. The zero-order valence-corrected chi connectivity index (χ0v) is 18.8. The first kappa shape index (κ1) is 24.1. The summed E-state index contributed by atoms with van der Waals surface area (Å²) in [5, 5.41) is 0.425. The Morgan fingerprint density at radius 3 is 2.45 bits per heavy atom. The van der Waals surface area contributed by atoms with Crippen LogP contribution in [0.3, 0.4) is 0 Å². The summed E-state index contributed by atoms with van der Waals surface area (Å²) in [6.07, 6.45) is 1.95. The Morgan fingerprint density at radius 2 is 1.76 bits per heavy atom. The lowest BCUT2D eigenvalue weighted by atomic mass is 10.1. The molecule has 0 aliphatic heterocycles. The summed E-state index contributed by atoms with van der Waals surface area (Å²) in [6.45, 7) is 2.25. The second kappa shape index (κ2) is 11.4. The van der Waals surface area contributed by atoms with Crippen LogP contribution in [0.15, 0.2) is 64.0 Å². The van der Waals surface area contributed by atoms with Crippen molar-refractivity contribution in [3.8, 4) is 0 Å². The maximum absolute atomic E-state index is 13.4. The highest BCUT2D eigenvalue weighted by atomic mass is 19.1. The third-order valence-electron chi connectivity index (χ3n) is 5.30. The van der Waals surface area contributed by atoms with Crippen molar-refractivity contribution in [2.75, 3.05) is 26.8 Å². The van der Waals surface area contributed by atoms with Crippen molar-refractivity contribution in [1.82, 2.24) is 9.80 Å². The first-order valence-electron chi connectivity index (χ1n) is 10.6. The highest BCUT2D eigenvalue weighted by Gasteiger charge is 2.21. The summed E-state index contributed by atoms with van der Waals surface area (Å²) in [4.78, 5) is 41.2. The minimum atomic E-state index is -0.382. The number of fused-ring (bicyclic) bond motifs is 1. The zero-order chi connectivity index (χ0) is 23.8. The number of para-hydroxylation sites is 1. The average molecular weight is 454 g/mol. The van der Waals surface area contributed by atoms with Gasteiger partial charge in [-0.3, -0.25) is 14.4 Å². The molecule has 2 aromatic carbocycles. The molecule has 8 heteroatoms. The van der Waals surface area contributed by atoms with Crippen molar-refractivity contribution >= 4 is 22.8 Å². The molecule has 33 heavy (non-hydrogen) atoms. The van der Waals surface area contributed by atoms with Crippen LogP contribution in [0.2, 0.25) is 0 Å². The van der Waals surface area contributed by atoms with Gasteiger partial charge in [0, 0.05) is 33.7 Å². The molecule has 3 aromatic rings. The zero-order valence-electron chi connectivity index (χ0n) is 18.8. The molecule has 0 aliphatic carbocycles. The van der Waals surface area contributed by atoms with Crippen LogP contribution < -0.4 is 5.43 Å². The van der Waals surface area contributed by atoms with Gasteiger partial charge in [0.1, 0.15) is 11.4 Å². The summed E-state index contributed by atoms with van der Waals surface area (Å²) >= 11 is 0. The van der Waals surface area contributed by atoms with Gasteiger partial charge >= 0.3 is 0 Å². The highest BCUT2D eigenvalue weighted by Crippen LogP contribution is 2.14. The number of carbonyl (C=O) groups is 2. The molecule has 0 unspecified atom stereocenters. The molecule has 2 amide bonds. The first-order valence-corrected chi connectivity index (χ1v) is 10.6. The van der Waals surface area contributed by atoms with Crippen molar-refractivity contribution in [2.24, 2.45) is 0 Å². The number of ether oxygens (including phenoxy) is 1. The van der Waals surface area contributed by atoms with Crippen molar-refractivity contribution in [3.63, 3.8) is 0 Å². The number of methoxy groups -OCH3 is 1. The van der Waals surface area contributed by atoms with Crippen LogP contribution >= 0.6 is 0 Å². The Labute approximate surface area is 191 Å². The van der Waals surface area contributed by atoms with Gasteiger partial charge in [-0.25, -0.2) is 4.39 Å². The van der Waals surface area contributed by atoms with Crippen LogP contribution in [-0.4, -0.2) is 48.4 Å². The molecule has 0 spiro atoms. The molecule has 0 radical (unpaired) electrons. The molecule has 3 rings (SSSR count).